The molecule has 3 N–H and O–H groups in total. The molecule has 0 aromatic heterocycles. The molecule has 29 heavy (non-hydrogen) atoms. The predicted molar refractivity (Wildman–Crippen MR) is 130 cm³/mol. The van der Waals surface area contributed by atoms with Gasteiger partial charge in [-0.25, -0.2) is 0 Å². The molecule has 0 aliphatic carbocycles. The minimum absolute atomic E-state index is 0. The summed E-state index contributed by atoms with van der Waals surface area (Å²) in [7, 11) is 1.67. The van der Waals surface area contributed by atoms with Gasteiger partial charge in [0.05, 0.1) is 17.7 Å². The number of amides is 1. The zero-order valence-corrected chi connectivity index (χ0v) is 19.8. The van der Waals surface area contributed by atoms with Crippen molar-refractivity contribution in [2.24, 2.45) is 4.99 Å². The molecular formula is C21H28ClIN4O2. The number of methoxy groups -OCH3 is 1. The molecule has 2 aromatic rings. The lowest BCUT2D eigenvalue weighted by Crippen LogP contribution is -2.41. The third kappa shape index (κ3) is 8.49. The van der Waals surface area contributed by atoms with Crippen LogP contribution >= 0.6 is 35.6 Å². The van der Waals surface area contributed by atoms with Crippen LogP contribution in [0.2, 0.25) is 5.02 Å². The second-order valence-corrected chi connectivity index (χ2v) is 6.39. The van der Waals surface area contributed by atoms with Crippen molar-refractivity contribution in [2.45, 2.75) is 13.3 Å². The minimum Gasteiger partial charge on any atom is -0.496 e. The van der Waals surface area contributed by atoms with Crippen molar-refractivity contribution in [3.63, 3.8) is 0 Å². The molecule has 0 saturated heterocycles. The Morgan fingerprint density at radius 2 is 1.72 bits per heavy atom. The van der Waals surface area contributed by atoms with Gasteiger partial charge in [-0.2, -0.15) is 0 Å². The predicted octanol–water partition coefficient (Wildman–Crippen LogP) is 3.49. The van der Waals surface area contributed by atoms with Gasteiger partial charge in [0.1, 0.15) is 5.75 Å². The highest BCUT2D eigenvalue weighted by Gasteiger charge is 2.08. The molecule has 0 fully saturated rings. The molecule has 0 aliphatic heterocycles. The van der Waals surface area contributed by atoms with Gasteiger partial charge in [0.2, 0.25) is 0 Å². The van der Waals surface area contributed by atoms with Gasteiger partial charge in [0, 0.05) is 26.2 Å². The fraction of sp³-hybridized carbons (Fsp3) is 0.333. The molecule has 0 atom stereocenters. The summed E-state index contributed by atoms with van der Waals surface area (Å²) in [5, 5.41) is 9.71. The SMILES string of the molecule is CCNC(=NCCc1ccccc1OC)NCCNC(=O)c1ccccc1Cl.I. The maximum absolute atomic E-state index is 12.1. The number of ether oxygens (including phenoxy) is 1. The van der Waals surface area contributed by atoms with Crippen molar-refractivity contribution in [3.8, 4) is 5.75 Å². The third-order valence-electron chi connectivity index (χ3n) is 4.01. The number of aliphatic imine (C=N–C) groups is 1. The van der Waals surface area contributed by atoms with E-state index in [2.05, 4.69) is 20.9 Å². The first-order valence-corrected chi connectivity index (χ1v) is 9.70. The summed E-state index contributed by atoms with van der Waals surface area (Å²) in [6.45, 7) is 4.41. The molecule has 2 aromatic carbocycles. The molecular weight excluding hydrogens is 503 g/mol. The summed E-state index contributed by atoms with van der Waals surface area (Å²) in [5.41, 5.74) is 1.60. The molecule has 0 saturated carbocycles. The molecule has 0 unspecified atom stereocenters. The average molecular weight is 531 g/mol. The monoisotopic (exact) mass is 530 g/mol. The third-order valence-corrected chi connectivity index (χ3v) is 4.34. The Balaban J connectivity index is 0.00000420. The molecule has 0 heterocycles. The topological polar surface area (TPSA) is 74.8 Å². The van der Waals surface area contributed by atoms with Crippen molar-refractivity contribution in [1.29, 1.82) is 0 Å². The number of rotatable bonds is 9. The van der Waals surface area contributed by atoms with Crippen molar-refractivity contribution >= 4 is 47.4 Å². The van der Waals surface area contributed by atoms with E-state index in [0.29, 0.717) is 36.2 Å². The molecule has 0 radical (unpaired) electrons. The van der Waals surface area contributed by atoms with Crippen LogP contribution < -0.4 is 20.7 Å². The Kier molecular flexibility index (Phi) is 12.1. The Bertz CT molecular complexity index is 802. The standard InChI is InChI=1S/C21H27ClN4O2.HI/c1-3-23-21(25-13-12-16-8-4-7-11-19(16)28-2)26-15-14-24-20(27)17-9-5-6-10-18(17)22;/h4-11H,3,12-15H2,1-2H3,(H,24,27)(H2,23,25,26);1H. The molecule has 6 nitrogen and oxygen atoms in total. The zero-order valence-electron chi connectivity index (χ0n) is 16.7. The highest BCUT2D eigenvalue weighted by atomic mass is 127. The Morgan fingerprint density at radius 1 is 1.03 bits per heavy atom. The van der Waals surface area contributed by atoms with E-state index in [-0.39, 0.29) is 29.9 Å². The van der Waals surface area contributed by atoms with Gasteiger partial charge in [-0.3, -0.25) is 9.79 Å². The number of nitrogens with one attached hydrogen (secondary N) is 3. The molecule has 8 heteroatoms. The Morgan fingerprint density at radius 3 is 2.45 bits per heavy atom. The van der Waals surface area contributed by atoms with Gasteiger partial charge in [0.25, 0.3) is 5.91 Å². The maximum atomic E-state index is 12.1. The fourth-order valence-electron chi connectivity index (χ4n) is 2.64. The van der Waals surface area contributed by atoms with Crippen LogP contribution in [-0.2, 0) is 6.42 Å². The quantitative estimate of drug-likeness (QED) is 0.201. The van der Waals surface area contributed by atoms with Gasteiger partial charge in [0.15, 0.2) is 5.96 Å². The molecule has 2 rings (SSSR count). The Hall–Kier alpha value is -2.00. The van der Waals surface area contributed by atoms with Crippen molar-refractivity contribution in [2.75, 3.05) is 33.3 Å². The van der Waals surface area contributed by atoms with Crippen molar-refractivity contribution in [3.05, 3.63) is 64.7 Å². The van der Waals surface area contributed by atoms with Crippen LogP contribution in [0.25, 0.3) is 0 Å². The van der Waals surface area contributed by atoms with Gasteiger partial charge in [-0.05, 0) is 37.1 Å². The fourth-order valence-corrected chi connectivity index (χ4v) is 2.86. The number of hydrogen-bond acceptors (Lipinski definition) is 3. The second-order valence-electron chi connectivity index (χ2n) is 5.99. The van der Waals surface area contributed by atoms with E-state index in [1.165, 1.54) is 0 Å². The molecule has 1 amide bonds. The van der Waals surface area contributed by atoms with E-state index in [1.807, 2.05) is 31.2 Å². The maximum Gasteiger partial charge on any atom is 0.252 e. The van der Waals surface area contributed by atoms with Crippen molar-refractivity contribution in [1.82, 2.24) is 16.0 Å². The lowest BCUT2D eigenvalue weighted by atomic mass is 10.1. The highest BCUT2D eigenvalue weighted by molar-refractivity contribution is 14.0. The van der Waals surface area contributed by atoms with Crippen LogP contribution in [0.4, 0.5) is 0 Å². The van der Waals surface area contributed by atoms with Crippen LogP contribution in [0, 0.1) is 0 Å². The molecule has 0 aliphatic rings. The average Bonchev–Trinajstić information content (AvgIpc) is 2.71. The smallest absolute Gasteiger partial charge is 0.252 e. The first kappa shape index (κ1) is 25.0. The van der Waals surface area contributed by atoms with Gasteiger partial charge in [-0.15, -0.1) is 24.0 Å². The van der Waals surface area contributed by atoms with Crippen LogP contribution in [0.3, 0.4) is 0 Å². The summed E-state index contributed by atoms with van der Waals surface area (Å²) < 4.78 is 5.37. The Labute approximate surface area is 194 Å². The van der Waals surface area contributed by atoms with E-state index in [4.69, 9.17) is 16.3 Å². The molecule has 0 spiro atoms. The van der Waals surface area contributed by atoms with Crippen LogP contribution in [0.15, 0.2) is 53.5 Å². The van der Waals surface area contributed by atoms with Gasteiger partial charge >= 0.3 is 0 Å². The highest BCUT2D eigenvalue weighted by Crippen LogP contribution is 2.17. The number of benzene rings is 2. The van der Waals surface area contributed by atoms with E-state index in [0.717, 1.165) is 24.3 Å². The normalized spacial score (nSPS) is 10.7. The first-order valence-electron chi connectivity index (χ1n) is 9.32. The summed E-state index contributed by atoms with van der Waals surface area (Å²) >= 11 is 6.04. The van der Waals surface area contributed by atoms with Gasteiger partial charge in [-0.1, -0.05) is 41.9 Å². The van der Waals surface area contributed by atoms with E-state index < -0.39 is 0 Å². The van der Waals surface area contributed by atoms with E-state index in [9.17, 15) is 4.79 Å². The number of halogens is 2. The molecule has 0 bridgehead atoms. The van der Waals surface area contributed by atoms with Gasteiger partial charge < -0.3 is 20.7 Å². The zero-order chi connectivity index (χ0) is 20.2. The number of para-hydroxylation sites is 1. The largest absolute Gasteiger partial charge is 0.496 e. The van der Waals surface area contributed by atoms with E-state index >= 15 is 0 Å². The molecule has 158 valence electrons. The van der Waals surface area contributed by atoms with Crippen molar-refractivity contribution < 1.29 is 9.53 Å². The van der Waals surface area contributed by atoms with Crippen LogP contribution in [0.5, 0.6) is 5.75 Å². The van der Waals surface area contributed by atoms with E-state index in [1.54, 1.807) is 31.4 Å². The second kappa shape index (κ2) is 14.1. The number of carbonyl (C=O) groups excluding carboxylic acids is 1. The number of nitrogens with zero attached hydrogens (tertiary/aromatic N) is 1. The first-order chi connectivity index (χ1) is 13.7. The summed E-state index contributed by atoms with van der Waals surface area (Å²) in [6.07, 6.45) is 0.782. The lowest BCUT2D eigenvalue weighted by Gasteiger charge is -2.12. The summed E-state index contributed by atoms with van der Waals surface area (Å²) in [5.74, 6) is 1.40. The number of guanidine groups is 1. The van der Waals surface area contributed by atoms with Crippen LogP contribution in [0.1, 0.15) is 22.8 Å². The summed E-state index contributed by atoms with van der Waals surface area (Å²) in [6, 6.07) is 14.9. The lowest BCUT2D eigenvalue weighted by molar-refractivity contribution is 0.0954. The number of carbonyl (C=O) groups is 1. The number of hydrogen-bond donors (Lipinski definition) is 3. The minimum atomic E-state index is -0.189. The van der Waals surface area contributed by atoms with Crippen LogP contribution in [-0.4, -0.2) is 45.2 Å². The summed E-state index contributed by atoms with van der Waals surface area (Å²) in [4.78, 5) is 16.7.